The molecule has 0 radical (unpaired) electrons. The molecule has 2 fully saturated rings. The second kappa shape index (κ2) is 6.90. The topological polar surface area (TPSA) is 29.5 Å². The van der Waals surface area contributed by atoms with Crippen LogP contribution >= 0.6 is 0 Å². The van der Waals surface area contributed by atoms with Gasteiger partial charge in [-0.25, -0.2) is 0 Å². The van der Waals surface area contributed by atoms with Gasteiger partial charge >= 0.3 is 0 Å². The predicted molar refractivity (Wildman–Crippen MR) is 83.8 cm³/mol. The lowest BCUT2D eigenvalue weighted by Crippen LogP contribution is -2.42. The van der Waals surface area contributed by atoms with E-state index in [9.17, 15) is 4.79 Å². The maximum Gasteiger partial charge on any atom is 0.228 e. The van der Waals surface area contributed by atoms with Crippen LogP contribution in [0, 0.1) is 5.92 Å². The van der Waals surface area contributed by atoms with E-state index in [1.807, 2.05) is 11.0 Å². The first-order valence-corrected chi connectivity index (χ1v) is 7.94. The molecular weight excluding hydrogens is 262 g/mol. The summed E-state index contributed by atoms with van der Waals surface area (Å²) in [4.78, 5) is 14.5. The third-order valence-corrected chi connectivity index (χ3v) is 4.40. The van der Waals surface area contributed by atoms with Gasteiger partial charge in [0.1, 0.15) is 0 Å². The molecule has 2 saturated heterocycles. The average molecular weight is 285 g/mol. The van der Waals surface area contributed by atoms with Crippen LogP contribution < -0.4 is 0 Å². The minimum Gasteiger partial charge on any atom is -0.381 e. The quantitative estimate of drug-likeness (QED) is 0.835. The van der Waals surface area contributed by atoms with E-state index >= 15 is 0 Å². The molecule has 0 spiro atoms. The van der Waals surface area contributed by atoms with Crippen LogP contribution in [0.15, 0.2) is 35.9 Å². The molecular formula is C18H23NO2. The molecule has 21 heavy (non-hydrogen) atoms. The Morgan fingerprint density at radius 1 is 1.19 bits per heavy atom. The summed E-state index contributed by atoms with van der Waals surface area (Å²) >= 11 is 0. The average Bonchev–Trinajstić information content (AvgIpc) is 2.57. The summed E-state index contributed by atoms with van der Waals surface area (Å²) < 4.78 is 5.44. The first kappa shape index (κ1) is 14.3. The number of hydrogen-bond donors (Lipinski definition) is 0. The Labute approximate surface area is 126 Å². The summed E-state index contributed by atoms with van der Waals surface area (Å²) in [5, 5.41) is 0. The van der Waals surface area contributed by atoms with Gasteiger partial charge in [-0.15, -0.1) is 0 Å². The maximum atomic E-state index is 12.4. The molecule has 3 rings (SSSR count). The molecule has 0 N–H and O–H groups in total. The molecule has 0 aromatic heterocycles. The molecule has 1 aromatic rings. The van der Waals surface area contributed by atoms with Crippen LogP contribution in [0.2, 0.25) is 0 Å². The van der Waals surface area contributed by atoms with Crippen LogP contribution in [0.25, 0.3) is 6.08 Å². The molecule has 1 aromatic carbocycles. The lowest BCUT2D eigenvalue weighted by atomic mass is 9.97. The van der Waals surface area contributed by atoms with Gasteiger partial charge in [-0.3, -0.25) is 4.79 Å². The number of rotatable bonds is 2. The van der Waals surface area contributed by atoms with Gasteiger partial charge in [0.25, 0.3) is 0 Å². The van der Waals surface area contributed by atoms with Gasteiger partial charge in [0, 0.05) is 19.7 Å². The maximum absolute atomic E-state index is 12.4. The van der Waals surface area contributed by atoms with Crippen molar-refractivity contribution in [3.63, 3.8) is 0 Å². The highest BCUT2D eigenvalue weighted by molar-refractivity contribution is 5.79. The van der Waals surface area contributed by atoms with Gasteiger partial charge in [0.2, 0.25) is 5.91 Å². The Bertz CT molecular complexity index is 493. The highest BCUT2D eigenvalue weighted by atomic mass is 16.5. The summed E-state index contributed by atoms with van der Waals surface area (Å²) in [5.41, 5.74) is 2.71. The Kier molecular flexibility index (Phi) is 4.71. The zero-order valence-corrected chi connectivity index (χ0v) is 12.5. The second-order valence-electron chi connectivity index (χ2n) is 5.95. The van der Waals surface area contributed by atoms with E-state index in [2.05, 4.69) is 30.3 Å². The summed E-state index contributed by atoms with van der Waals surface area (Å²) in [6.07, 6.45) is 6.26. The van der Waals surface area contributed by atoms with Crippen molar-refractivity contribution in [1.29, 1.82) is 0 Å². The standard InChI is InChI=1S/C18H23NO2/c20-18(17-7-4-12-21-14-17)19-10-8-16(9-11-19)13-15-5-2-1-3-6-15/h1-3,5-6,13,17H,4,7-12,14H2. The van der Waals surface area contributed by atoms with E-state index in [1.165, 1.54) is 11.1 Å². The number of carbonyl (C=O) groups is 1. The van der Waals surface area contributed by atoms with E-state index in [0.29, 0.717) is 12.5 Å². The molecule has 112 valence electrons. The first-order valence-electron chi connectivity index (χ1n) is 7.94. The van der Waals surface area contributed by atoms with E-state index in [0.717, 1.165) is 45.4 Å². The molecule has 1 amide bonds. The molecule has 1 unspecified atom stereocenters. The van der Waals surface area contributed by atoms with Gasteiger partial charge in [-0.1, -0.05) is 42.0 Å². The van der Waals surface area contributed by atoms with Crippen molar-refractivity contribution in [2.24, 2.45) is 5.92 Å². The van der Waals surface area contributed by atoms with Crippen molar-refractivity contribution in [3.8, 4) is 0 Å². The molecule has 2 aliphatic rings. The van der Waals surface area contributed by atoms with Crippen LogP contribution in [-0.4, -0.2) is 37.1 Å². The fourth-order valence-electron chi connectivity index (χ4n) is 3.14. The number of amides is 1. The molecule has 0 saturated carbocycles. The lowest BCUT2D eigenvalue weighted by Gasteiger charge is -2.33. The smallest absolute Gasteiger partial charge is 0.228 e. The van der Waals surface area contributed by atoms with Crippen LogP contribution in [0.5, 0.6) is 0 Å². The third-order valence-electron chi connectivity index (χ3n) is 4.40. The number of ether oxygens (including phenoxy) is 1. The molecule has 3 heteroatoms. The fourth-order valence-corrected chi connectivity index (χ4v) is 3.14. The largest absolute Gasteiger partial charge is 0.381 e. The lowest BCUT2D eigenvalue weighted by molar-refractivity contribution is -0.140. The zero-order valence-electron chi connectivity index (χ0n) is 12.5. The normalized spacial score (nSPS) is 23.0. The third kappa shape index (κ3) is 3.73. The van der Waals surface area contributed by atoms with Crippen molar-refractivity contribution in [2.45, 2.75) is 25.7 Å². The number of carbonyl (C=O) groups excluding carboxylic acids is 1. The SMILES string of the molecule is O=C(C1CCCOC1)N1CCC(=Cc2ccccc2)CC1. The van der Waals surface area contributed by atoms with Crippen molar-refractivity contribution >= 4 is 12.0 Å². The number of benzene rings is 1. The van der Waals surface area contributed by atoms with Gasteiger partial charge in [-0.2, -0.15) is 0 Å². The molecule has 3 nitrogen and oxygen atoms in total. The predicted octanol–water partition coefficient (Wildman–Crippen LogP) is 3.12. The van der Waals surface area contributed by atoms with E-state index < -0.39 is 0 Å². The number of hydrogen-bond acceptors (Lipinski definition) is 2. The van der Waals surface area contributed by atoms with Gasteiger partial charge in [0.15, 0.2) is 0 Å². The summed E-state index contributed by atoms with van der Waals surface area (Å²) in [6.45, 7) is 3.14. The molecule has 0 aliphatic carbocycles. The van der Waals surface area contributed by atoms with E-state index in [-0.39, 0.29) is 5.92 Å². The fraction of sp³-hybridized carbons (Fsp3) is 0.500. The Morgan fingerprint density at radius 3 is 2.62 bits per heavy atom. The van der Waals surface area contributed by atoms with Gasteiger partial charge in [-0.05, 0) is 31.2 Å². The van der Waals surface area contributed by atoms with Crippen LogP contribution in [0.4, 0.5) is 0 Å². The Balaban J connectivity index is 1.55. The second-order valence-corrected chi connectivity index (χ2v) is 5.95. The van der Waals surface area contributed by atoms with Crippen molar-refractivity contribution < 1.29 is 9.53 Å². The van der Waals surface area contributed by atoms with Crippen LogP contribution in [-0.2, 0) is 9.53 Å². The minimum absolute atomic E-state index is 0.0957. The number of nitrogens with zero attached hydrogens (tertiary/aromatic N) is 1. The summed E-state index contributed by atoms with van der Waals surface area (Å²) in [7, 11) is 0. The molecule has 0 bridgehead atoms. The molecule has 1 atom stereocenters. The highest BCUT2D eigenvalue weighted by Gasteiger charge is 2.28. The monoisotopic (exact) mass is 285 g/mol. The summed E-state index contributed by atoms with van der Waals surface area (Å²) in [5.74, 6) is 0.395. The highest BCUT2D eigenvalue weighted by Crippen LogP contribution is 2.23. The van der Waals surface area contributed by atoms with E-state index in [1.54, 1.807) is 0 Å². The number of likely N-dealkylation sites (tertiary alicyclic amines) is 1. The molecule has 2 aliphatic heterocycles. The summed E-state index contributed by atoms with van der Waals surface area (Å²) in [6, 6.07) is 10.4. The van der Waals surface area contributed by atoms with Crippen molar-refractivity contribution in [1.82, 2.24) is 4.90 Å². The molecule has 2 heterocycles. The Morgan fingerprint density at radius 2 is 1.95 bits per heavy atom. The van der Waals surface area contributed by atoms with E-state index in [4.69, 9.17) is 4.74 Å². The van der Waals surface area contributed by atoms with Gasteiger partial charge < -0.3 is 9.64 Å². The zero-order chi connectivity index (χ0) is 14.5. The van der Waals surface area contributed by atoms with Crippen molar-refractivity contribution in [3.05, 3.63) is 41.5 Å². The van der Waals surface area contributed by atoms with Crippen molar-refractivity contribution in [2.75, 3.05) is 26.3 Å². The van der Waals surface area contributed by atoms with Crippen LogP contribution in [0.3, 0.4) is 0 Å². The first-order chi connectivity index (χ1) is 10.3. The van der Waals surface area contributed by atoms with Gasteiger partial charge in [0.05, 0.1) is 12.5 Å². The Hall–Kier alpha value is -1.61. The minimum atomic E-state index is 0.0957. The number of piperidine rings is 1. The van der Waals surface area contributed by atoms with Crippen LogP contribution in [0.1, 0.15) is 31.2 Å².